The Labute approximate surface area is 176 Å². The highest BCUT2D eigenvalue weighted by molar-refractivity contribution is 9.10. The van der Waals surface area contributed by atoms with Crippen molar-refractivity contribution in [2.75, 3.05) is 5.32 Å². The number of hydrazine groups is 1. The van der Waals surface area contributed by atoms with E-state index in [1.165, 1.54) is 0 Å². The average Bonchev–Trinajstić information content (AvgIpc) is 3.31. The zero-order chi connectivity index (χ0) is 19.6. The molecule has 0 saturated heterocycles. The van der Waals surface area contributed by atoms with Crippen LogP contribution in [0.2, 0.25) is 0 Å². The van der Waals surface area contributed by atoms with Crippen molar-refractivity contribution in [1.29, 1.82) is 0 Å². The molecule has 142 valence electrons. The van der Waals surface area contributed by atoms with Crippen molar-refractivity contribution in [3.63, 3.8) is 0 Å². The standard InChI is InChI=1S/C23H16BrN3O2/c24-15-10-11-18-17(12-15)23(22(28)25-18)27-20(16-8-4-5-9-21(16)29-23)13-19(26-27)14-6-2-1-3-7-14/h1-13,20,26H,(H,25,28). The van der Waals surface area contributed by atoms with E-state index in [2.05, 4.69) is 44.9 Å². The Morgan fingerprint density at radius 2 is 1.79 bits per heavy atom. The smallest absolute Gasteiger partial charge is 0.291 e. The van der Waals surface area contributed by atoms with Crippen molar-refractivity contribution in [2.24, 2.45) is 0 Å². The van der Waals surface area contributed by atoms with Crippen molar-refractivity contribution in [3.05, 3.63) is 100 Å². The van der Waals surface area contributed by atoms with Gasteiger partial charge in [-0.25, -0.2) is 0 Å². The molecule has 3 aromatic carbocycles. The number of benzene rings is 3. The van der Waals surface area contributed by atoms with Gasteiger partial charge < -0.3 is 15.5 Å². The molecule has 6 rings (SSSR count). The molecule has 0 aromatic heterocycles. The molecule has 2 atom stereocenters. The Hall–Kier alpha value is -3.09. The second-order valence-electron chi connectivity index (χ2n) is 7.30. The molecule has 1 amide bonds. The van der Waals surface area contributed by atoms with Gasteiger partial charge in [0.05, 0.1) is 17.4 Å². The van der Waals surface area contributed by atoms with Crippen molar-refractivity contribution >= 4 is 33.2 Å². The van der Waals surface area contributed by atoms with Crippen LogP contribution in [0.4, 0.5) is 5.69 Å². The first kappa shape index (κ1) is 16.8. The minimum Gasteiger partial charge on any atom is -0.457 e. The predicted octanol–water partition coefficient (Wildman–Crippen LogP) is 4.55. The summed E-state index contributed by atoms with van der Waals surface area (Å²) in [6, 6.07) is 23.6. The summed E-state index contributed by atoms with van der Waals surface area (Å²) >= 11 is 3.54. The summed E-state index contributed by atoms with van der Waals surface area (Å²) in [5.74, 6) is 0.504. The molecular weight excluding hydrogens is 430 g/mol. The zero-order valence-corrected chi connectivity index (χ0v) is 16.8. The van der Waals surface area contributed by atoms with E-state index in [1.54, 1.807) is 0 Å². The number of hydrogen-bond acceptors (Lipinski definition) is 4. The lowest BCUT2D eigenvalue weighted by Crippen LogP contribution is -2.60. The second kappa shape index (κ2) is 5.95. The first-order chi connectivity index (χ1) is 14.2. The largest absolute Gasteiger partial charge is 0.457 e. The SMILES string of the molecule is O=C1Nc2ccc(Br)cc2C12Oc1ccccc1C1C=C(c3ccccc3)NN12. The maximum atomic E-state index is 13.4. The number of ether oxygens (including phenoxy) is 1. The monoisotopic (exact) mass is 445 g/mol. The number of nitrogens with one attached hydrogen (secondary N) is 2. The molecular formula is C23H16BrN3O2. The Balaban J connectivity index is 1.57. The Kier molecular flexibility index (Phi) is 3.45. The third kappa shape index (κ3) is 2.27. The fourth-order valence-electron chi connectivity index (χ4n) is 4.35. The van der Waals surface area contributed by atoms with E-state index in [1.807, 2.05) is 65.7 Å². The van der Waals surface area contributed by atoms with E-state index in [0.29, 0.717) is 5.75 Å². The van der Waals surface area contributed by atoms with E-state index in [4.69, 9.17) is 4.74 Å². The molecule has 0 aliphatic carbocycles. The highest BCUT2D eigenvalue weighted by Gasteiger charge is 2.60. The molecule has 0 bridgehead atoms. The van der Waals surface area contributed by atoms with E-state index in [9.17, 15) is 4.79 Å². The van der Waals surface area contributed by atoms with Crippen molar-refractivity contribution < 1.29 is 9.53 Å². The number of nitrogens with zero attached hydrogens (tertiary/aromatic N) is 1. The van der Waals surface area contributed by atoms with Crippen LogP contribution in [0, 0.1) is 0 Å². The third-order valence-electron chi connectivity index (χ3n) is 5.67. The quantitative estimate of drug-likeness (QED) is 0.576. The molecule has 3 heterocycles. The number of carbonyl (C=O) groups excluding carboxylic acids is 1. The lowest BCUT2D eigenvalue weighted by Gasteiger charge is -2.44. The molecule has 0 radical (unpaired) electrons. The zero-order valence-electron chi connectivity index (χ0n) is 15.2. The number of fused-ring (bicyclic) bond motifs is 6. The first-order valence-corrected chi connectivity index (χ1v) is 10.2. The van der Waals surface area contributed by atoms with Crippen LogP contribution < -0.4 is 15.5 Å². The number of anilines is 1. The fraction of sp³-hybridized carbons (Fsp3) is 0.0870. The first-order valence-electron chi connectivity index (χ1n) is 9.39. The number of hydrogen-bond donors (Lipinski definition) is 2. The molecule has 29 heavy (non-hydrogen) atoms. The van der Waals surface area contributed by atoms with Gasteiger partial charge in [0.15, 0.2) is 0 Å². The normalized spacial score (nSPS) is 24.1. The maximum Gasteiger partial charge on any atom is 0.291 e. The minimum absolute atomic E-state index is 0.147. The molecule has 2 N–H and O–H groups in total. The average molecular weight is 446 g/mol. The third-order valence-corrected chi connectivity index (χ3v) is 6.16. The Morgan fingerprint density at radius 1 is 1.00 bits per heavy atom. The summed E-state index contributed by atoms with van der Waals surface area (Å²) in [7, 11) is 0. The highest BCUT2D eigenvalue weighted by atomic mass is 79.9. The van der Waals surface area contributed by atoms with Gasteiger partial charge >= 0.3 is 0 Å². The van der Waals surface area contributed by atoms with Gasteiger partial charge in [-0.3, -0.25) is 4.79 Å². The van der Waals surface area contributed by atoms with Crippen LogP contribution in [0.3, 0.4) is 0 Å². The lowest BCUT2D eigenvalue weighted by molar-refractivity contribution is -0.165. The van der Waals surface area contributed by atoms with Gasteiger partial charge in [0.25, 0.3) is 11.6 Å². The van der Waals surface area contributed by atoms with Gasteiger partial charge in [0.1, 0.15) is 5.75 Å². The van der Waals surface area contributed by atoms with Crippen LogP contribution in [0.15, 0.2) is 83.3 Å². The highest BCUT2D eigenvalue weighted by Crippen LogP contribution is 2.53. The molecule has 1 spiro atoms. The fourth-order valence-corrected chi connectivity index (χ4v) is 4.71. The van der Waals surface area contributed by atoms with Crippen LogP contribution >= 0.6 is 15.9 Å². The summed E-state index contributed by atoms with van der Waals surface area (Å²) in [5, 5.41) is 4.92. The van der Waals surface area contributed by atoms with E-state index >= 15 is 0 Å². The van der Waals surface area contributed by atoms with Crippen molar-refractivity contribution in [3.8, 4) is 5.75 Å². The molecule has 5 nitrogen and oxygen atoms in total. The summed E-state index contributed by atoms with van der Waals surface area (Å²) < 4.78 is 7.36. The van der Waals surface area contributed by atoms with Gasteiger partial charge in [0, 0.05) is 15.6 Å². The summed E-state index contributed by atoms with van der Waals surface area (Å²) in [6.07, 6.45) is 2.15. The topological polar surface area (TPSA) is 53.6 Å². The second-order valence-corrected chi connectivity index (χ2v) is 8.22. The van der Waals surface area contributed by atoms with Crippen LogP contribution in [0.5, 0.6) is 5.75 Å². The van der Waals surface area contributed by atoms with Gasteiger partial charge in [-0.05, 0) is 35.9 Å². The minimum atomic E-state index is -1.30. The lowest BCUT2D eigenvalue weighted by atomic mass is 9.95. The predicted molar refractivity (Wildman–Crippen MR) is 114 cm³/mol. The summed E-state index contributed by atoms with van der Waals surface area (Å²) in [4.78, 5) is 13.4. The van der Waals surface area contributed by atoms with Gasteiger partial charge in [-0.15, -0.1) is 0 Å². The molecule has 3 aliphatic heterocycles. The molecule has 0 saturated carbocycles. The van der Waals surface area contributed by atoms with E-state index in [-0.39, 0.29) is 11.9 Å². The van der Waals surface area contributed by atoms with Gasteiger partial charge in [-0.1, -0.05) is 64.5 Å². The molecule has 6 heteroatoms. The summed E-state index contributed by atoms with van der Waals surface area (Å²) in [6.45, 7) is 0. The number of amides is 1. The Bertz CT molecular complexity index is 1190. The van der Waals surface area contributed by atoms with Crippen LogP contribution in [-0.4, -0.2) is 10.9 Å². The van der Waals surface area contributed by atoms with E-state index < -0.39 is 5.72 Å². The molecule has 0 fully saturated rings. The van der Waals surface area contributed by atoms with Gasteiger partial charge in [0.2, 0.25) is 0 Å². The molecule has 3 aliphatic rings. The number of halogens is 1. The van der Waals surface area contributed by atoms with Crippen LogP contribution in [0.1, 0.15) is 22.7 Å². The van der Waals surface area contributed by atoms with Gasteiger partial charge in [-0.2, -0.15) is 5.01 Å². The molecule has 2 unspecified atom stereocenters. The van der Waals surface area contributed by atoms with Crippen LogP contribution in [-0.2, 0) is 10.5 Å². The number of carbonyl (C=O) groups is 1. The Morgan fingerprint density at radius 3 is 2.66 bits per heavy atom. The number of rotatable bonds is 1. The van der Waals surface area contributed by atoms with Crippen molar-refractivity contribution in [2.45, 2.75) is 11.8 Å². The maximum absolute atomic E-state index is 13.4. The van der Waals surface area contributed by atoms with Crippen LogP contribution in [0.25, 0.3) is 5.70 Å². The summed E-state index contributed by atoms with van der Waals surface area (Å²) in [5.41, 5.74) is 6.74. The number of para-hydroxylation sites is 1. The van der Waals surface area contributed by atoms with Crippen molar-refractivity contribution in [1.82, 2.24) is 10.4 Å². The molecule has 3 aromatic rings. The van der Waals surface area contributed by atoms with E-state index in [0.717, 1.165) is 32.5 Å².